The summed E-state index contributed by atoms with van der Waals surface area (Å²) >= 11 is 5.48. The Kier molecular flexibility index (Phi) is 5.12. The molecule has 2 N–H and O–H groups in total. The number of hydrogen-bond donors (Lipinski definition) is 2. The maximum atomic E-state index is 9.96. The van der Waals surface area contributed by atoms with Crippen molar-refractivity contribution in [2.75, 3.05) is 0 Å². The van der Waals surface area contributed by atoms with Crippen LogP contribution in [0.25, 0.3) is 0 Å². The van der Waals surface area contributed by atoms with Crippen LogP contribution in [0, 0.1) is 5.50 Å². The minimum Gasteiger partial charge on any atom is -0.465 e. The Bertz CT molecular complexity index is 108. The lowest BCUT2D eigenvalue weighted by molar-refractivity contribution is 0.196. The van der Waals surface area contributed by atoms with E-state index < -0.39 is 6.09 Å². The van der Waals surface area contributed by atoms with Crippen molar-refractivity contribution in [2.24, 2.45) is 0 Å². The maximum Gasteiger partial charge on any atom is 0.406 e. The second-order valence-corrected chi connectivity index (χ2v) is 2.39. The van der Waals surface area contributed by atoms with Crippen LogP contribution < -0.4 is 5.32 Å². The van der Waals surface area contributed by atoms with Gasteiger partial charge in [-0.1, -0.05) is 24.9 Å². The molecule has 0 rings (SSSR count). The lowest BCUT2D eigenvalue weighted by Crippen LogP contribution is -2.22. The van der Waals surface area contributed by atoms with E-state index in [1.807, 2.05) is 6.92 Å². The summed E-state index contributed by atoms with van der Waals surface area (Å²) in [5, 5.41) is 10.2. The van der Waals surface area contributed by atoms with Gasteiger partial charge in [0.25, 0.3) is 0 Å². The van der Waals surface area contributed by atoms with E-state index in [1.54, 1.807) is 0 Å². The number of unbranched alkanes of at least 4 members (excludes halogenated alkanes) is 1. The van der Waals surface area contributed by atoms with Gasteiger partial charge in [0.1, 0.15) is 0 Å². The Hall–Kier alpha value is -0.440. The summed E-state index contributed by atoms with van der Waals surface area (Å²) in [6.07, 6.45) is 1.45. The van der Waals surface area contributed by atoms with E-state index in [4.69, 9.17) is 16.7 Å². The van der Waals surface area contributed by atoms with Crippen LogP contribution in [0.4, 0.5) is 4.79 Å². The van der Waals surface area contributed by atoms with Crippen molar-refractivity contribution in [3.8, 4) is 0 Å². The fourth-order valence-electron chi connectivity index (χ4n) is 0.511. The van der Waals surface area contributed by atoms with Gasteiger partial charge in [-0.3, -0.25) is 5.32 Å². The lowest BCUT2D eigenvalue weighted by atomic mass is 10.2. The second kappa shape index (κ2) is 5.35. The highest BCUT2D eigenvalue weighted by atomic mass is 35.5. The van der Waals surface area contributed by atoms with Gasteiger partial charge in [0.05, 0.1) is 0 Å². The predicted octanol–water partition coefficient (Wildman–Crippen LogP) is 2.17. The molecule has 1 radical (unpaired) electrons. The maximum absolute atomic E-state index is 9.96. The summed E-state index contributed by atoms with van der Waals surface area (Å²) in [5.74, 6) is 0. The zero-order valence-corrected chi connectivity index (χ0v) is 6.61. The van der Waals surface area contributed by atoms with Gasteiger partial charge in [-0.15, -0.1) is 0 Å². The standard InChI is InChI=1S/C6H11ClNO2/c1-2-3-4-5(7)8-6(9)10/h8H,2-4H2,1H3,(H,9,10). The normalized spacial score (nSPS) is 9.90. The number of nitrogens with one attached hydrogen (secondary N) is 1. The van der Waals surface area contributed by atoms with Crippen molar-refractivity contribution in [1.29, 1.82) is 0 Å². The van der Waals surface area contributed by atoms with Gasteiger partial charge in [-0.2, -0.15) is 0 Å². The zero-order chi connectivity index (χ0) is 7.98. The Morgan fingerprint density at radius 3 is 2.70 bits per heavy atom. The predicted molar refractivity (Wildman–Crippen MR) is 39.8 cm³/mol. The van der Waals surface area contributed by atoms with Crippen LogP contribution in [0.3, 0.4) is 0 Å². The lowest BCUT2D eigenvalue weighted by Gasteiger charge is -2.05. The topological polar surface area (TPSA) is 49.3 Å². The first kappa shape index (κ1) is 9.56. The first-order valence-corrected chi connectivity index (χ1v) is 3.56. The largest absolute Gasteiger partial charge is 0.465 e. The van der Waals surface area contributed by atoms with E-state index in [1.165, 1.54) is 0 Å². The quantitative estimate of drug-likeness (QED) is 0.626. The van der Waals surface area contributed by atoms with E-state index in [0.29, 0.717) is 11.9 Å². The summed E-state index contributed by atoms with van der Waals surface area (Å²) in [5.41, 5.74) is 0.300. The van der Waals surface area contributed by atoms with Crippen molar-refractivity contribution in [3.63, 3.8) is 0 Å². The van der Waals surface area contributed by atoms with E-state index >= 15 is 0 Å². The molecule has 0 saturated heterocycles. The van der Waals surface area contributed by atoms with Crippen LogP contribution in [0.15, 0.2) is 0 Å². The molecule has 0 bridgehead atoms. The average molecular weight is 165 g/mol. The van der Waals surface area contributed by atoms with Crippen LogP contribution in [-0.4, -0.2) is 11.2 Å². The van der Waals surface area contributed by atoms with Crippen molar-refractivity contribution in [1.82, 2.24) is 5.32 Å². The first-order chi connectivity index (χ1) is 4.66. The van der Waals surface area contributed by atoms with E-state index in [0.717, 1.165) is 12.8 Å². The number of amides is 1. The van der Waals surface area contributed by atoms with Crippen molar-refractivity contribution in [3.05, 3.63) is 5.50 Å². The molecule has 3 nitrogen and oxygen atoms in total. The Morgan fingerprint density at radius 2 is 2.30 bits per heavy atom. The number of carbonyl (C=O) groups is 1. The third-order valence-electron chi connectivity index (χ3n) is 0.992. The fourth-order valence-corrected chi connectivity index (χ4v) is 0.725. The highest BCUT2D eigenvalue weighted by Crippen LogP contribution is 2.11. The molecule has 1 amide bonds. The minimum atomic E-state index is -1.10. The molecule has 0 atom stereocenters. The summed E-state index contributed by atoms with van der Waals surface area (Å²) in [4.78, 5) is 9.96. The number of hydrogen-bond acceptors (Lipinski definition) is 1. The Balaban J connectivity index is 3.25. The monoisotopic (exact) mass is 164 g/mol. The molecule has 0 aromatic rings. The van der Waals surface area contributed by atoms with Crippen molar-refractivity contribution in [2.45, 2.75) is 26.2 Å². The fraction of sp³-hybridized carbons (Fsp3) is 0.667. The second-order valence-electron chi connectivity index (χ2n) is 1.94. The van der Waals surface area contributed by atoms with Gasteiger partial charge in [0.15, 0.2) is 5.50 Å². The SMILES string of the molecule is CCCC[C](Cl)NC(=O)O. The third kappa shape index (κ3) is 5.69. The molecule has 0 unspecified atom stereocenters. The number of carboxylic acid groups (broad SMARTS) is 1. The smallest absolute Gasteiger partial charge is 0.406 e. The van der Waals surface area contributed by atoms with Gasteiger partial charge >= 0.3 is 6.09 Å². The minimum absolute atomic E-state index is 0.300. The summed E-state index contributed by atoms with van der Waals surface area (Å²) < 4.78 is 0. The van der Waals surface area contributed by atoms with Crippen LogP contribution in [0.5, 0.6) is 0 Å². The molecular weight excluding hydrogens is 154 g/mol. The number of halogens is 1. The molecule has 0 aliphatic carbocycles. The zero-order valence-electron chi connectivity index (χ0n) is 5.85. The van der Waals surface area contributed by atoms with Crippen LogP contribution in [-0.2, 0) is 0 Å². The average Bonchev–Trinajstić information content (AvgIpc) is 1.82. The molecule has 4 heteroatoms. The van der Waals surface area contributed by atoms with Gasteiger partial charge in [-0.25, -0.2) is 4.79 Å². The van der Waals surface area contributed by atoms with Crippen LogP contribution in [0.1, 0.15) is 26.2 Å². The summed E-state index contributed by atoms with van der Waals surface area (Å²) in [7, 11) is 0. The molecular formula is C6H11ClNO2. The summed E-state index contributed by atoms with van der Waals surface area (Å²) in [6, 6.07) is 0. The molecule has 0 aromatic carbocycles. The molecule has 0 aliphatic rings. The van der Waals surface area contributed by atoms with Crippen molar-refractivity contribution < 1.29 is 9.90 Å². The van der Waals surface area contributed by atoms with E-state index in [-0.39, 0.29) is 0 Å². The Morgan fingerprint density at radius 1 is 1.70 bits per heavy atom. The van der Waals surface area contributed by atoms with E-state index in [9.17, 15) is 4.79 Å². The molecule has 0 fully saturated rings. The number of rotatable bonds is 4. The van der Waals surface area contributed by atoms with Gasteiger partial charge in [0.2, 0.25) is 0 Å². The summed E-state index contributed by atoms with van der Waals surface area (Å²) in [6.45, 7) is 2.02. The van der Waals surface area contributed by atoms with Crippen molar-refractivity contribution >= 4 is 17.7 Å². The Labute approximate surface area is 65.4 Å². The van der Waals surface area contributed by atoms with E-state index in [2.05, 4.69) is 5.32 Å². The van der Waals surface area contributed by atoms with Gasteiger partial charge in [-0.05, 0) is 12.8 Å². The molecule has 0 aliphatic heterocycles. The molecule has 0 spiro atoms. The van der Waals surface area contributed by atoms with Gasteiger partial charge < -0.3 is 5.11 Å². The molecule has 59 valence electrons. The van der Waals surface area contributed by atoms with Crippen LogP contribution in [0.2, 0.25) is 0 Å². The van der Waals surface area contributed by atoms with Crippen LogP contribution >= 0.6 is 11.6 Å². The third-order valence-corrected chi connectivity index (χ3v) is 1.28. The molecule has 0 saturated carbocycles. The molecule has 0 aromatic heterocycles. The molecule has 10 heavy (non-hydrogen) atoms. The first-order valence-electron chi connectivity index (χ1n) is 3.18. The highest BCUT2D eigenvalue weighted by Gasteiger charge is 2.06. The molecule has 0 heterocycles. The van der Waals surface area contributed by atoms with Gasteiger partial charge in [0, 0.05) is 0 Å². The highest BCUT2D eigenvalue weighted by molar-refractivity contribution is 6.27.